The first kappa shape index (κ1) is 44.4. The lowest BCUT2D eigenvalue weighted by atomic mass is 10.2. The van der Waals surface area contributed by atoms with Crippen LogP contribution in [-0.2, 0) is 37.9 Å². The minimum Gasteiger partial charge on any atom is -0.382 e. The molecule has 1 heterocycles. The molecule has 0 aromatic rings. The van der Waals surface area contributed by atoms with Gasteiger partial charge >= 0.3 is 0 Å². The Hall–Kier alpha value is -0.320. The van der Waals surface area contributed by atoms with Gasteiger partial charge in [0.25, 0.3) is 0 Å². The van der Waals surface area contributed by atoms with E-state index in [4.69, 9.17) is 37.9 Å². The third kappa shape index (κ3) is 27.6. The Labute approximate surface area is 195 Å². The van der Waals surface area contributed by atoms with Crippen molar-refractivity contribution in [3.8, 4) is 0 Å². The van der Waals surface area contributed by atoms with Gasteiger partial charge in [-0.15, -0.1) is 0 Å². The summed E-state index contributed by atoms with van der Waals surface area (Å²) in [5, 5.41) is 0. The predicted octanol–water partition coefficient (Wildman–Crippen LogP) is 4.54. The van der Waals surface area contributed by atoms with E-state index in [2.05, 4.69) is 0 Å². The Morgan fingerprint density at radius 3 is 1.39 bits per heavy atom. The van der Waals surface area contributed by atoms with Gasteiger partial charge in [-0.1, -0.05) is 44.6 Å². The predicted molar refractivity (Wildman–Crippen MR) is 131 cm³/mol. The molecule has 0 aliphatic carbocycles. The Morgan fingerprint density at radius 1 is 0.581 bits per heavy atom. The number of ether oxygens (including phenoxy) is 8. The molecule has 31 heavy (non-hydrogen) atoms. The number of hydrogen-bond acceptors (Lipinski definition) is 8. The van der Waals surface area contributed by atoms with Crippen molar-refractivity contribution in [1.29, 1.82) is 0 Å². The molecule has 1 aliphatic heterocycles. The van der Waals surface area contributed by atoms with Crippen LogP contribution in [0.4, 0.5) is 0 Å². The van der Waals surface area contributed by atoms with Crippen molar-refractivity contribution in [3.63, 3.8) is 0 Å². The lowest BCUT2D eigenvalue weighted by Crippen LogP contribution is -2.24. The zero-order chi connectivity index (χ0) is 18.0. The molecular formula is C23H58O8. The van der Waals surface area contributed by atoms with Crippen molar-refractivity contribution < 1.29 is 37.9 Å². The molecule has 8 nitrogen and oxygen atoms in total. The third-order valence-corrected chi connectivity index (χ3v) is 3.48. The first-order valence-electron chi connectivity index (χ1n) is 8.88. The molecule has 0 amide bonds. The van der Waals surface area contributed by atoms with E-state index in [0.29, 0.717) is 79.3 Å². The molecule has 0 unspecified atom stereocenters. The zero-order valence-corrected chi connectivity index (χ0v) is 15.6. The Morgan fingerprint density at radius 2 is 0.968 bits per heavy atom. The SMILES string of the molecule is C.C.C.C.C.C.COCCOCC(COCCOC)COCCOCCC1OCCO1. The smallest absolute Gasteiger partial charge is 0.160 e. The third-order valence-electron chi connectivity index (χ3n) is 3.48. The van der Waals surface area contributed by atoms with Crippen molar-refractivity contribution in [2.24, 2.45) is 5.92 Å². The molecule has 0 bridgehead atoms. The van der Waals surface area contributed by atoms with Gasteiger partial charge in [-0.3, -0.25) is 0 Å². The van der Waals surface area contributed by atoms with Crippen LogP contribution < -0.4 is 0 Å². The summed E-state index contributed by atoms with van der Waals surface area (Å²) in [6, 6.07) is 0. The Kier molecular flexibility index (Phi) is 49.1. The van der Waals surface area contributed by atoms with E-state index >= 15 is 0 Å². The van der Waals surface area contributed by atoms with Crippen molar-refractivity contribution in [2.75, 3.05) is 93.5 Å². The number of rotatable bonds is 18. The maximum Gasteiger partial charge on any atom is 0.160 e. The normalized spacial score (nSPS) is 12.5. The first-order chi connectivity index (χ1) is 12.4. The summed E-state index contributed by atoms with van der Waals surface area (Å²) >= 11 is 0. The van der Waals surface area contributed by atoms with Crippen LogP contribution in [0, 0.1) is 5.92 Å². The van der Waals surface area contributed by atoms with Gasteiger partial charge < -0.3 is 37.9 Å². The second-order valence-electron chi connectivity index (χ2n) is 5.65. The molecule has 1 aliphatic rings. The number of hydrogen-bond donors (Lipinski definition) is 0. The van der Waals surface area contributed by atoms with Gasteiger partial charge in [-0.05, 0) is 0 Å². The average Bonchev–Trinajstić information content (AvgIpc) is 3.14. The molecule has 0 aromatic heterocycles. The maximum absolute atomic E-state index is 5.67. The van der Waals surface area contributed by atoms with Crippen LogP contribution in [0.3, 0.4) is 0 Å². The fourth-order valence-corrected chi connectivity index (χ4v) is 2.15. The number of methoxy groups -OCH3 is 2. The molecule has 0 spiro atoms. The minimum atomic E-state index is -0.112. The quantitative estimate of drug-likeness (QED) is 0.275. The van der Waals surface area contributed by atoms with Gasteiger partial charge in [0.1, 0.15) is 0 Å². The monoisotopic (exact) mass is 462 g/mol. The van der Waals surface area contributed by atoms with Crippen LogP contribution in [-0.4, -0.2) is 99.8 Å². The Balaban J connectivity index is -0.000000260. The summed E-state index contributed by atoms with van der Waals surface area (Å²) in [6.45, 7) is 7.08. The molecule has 0 radical (unpaired) electrons. The summed E-state index contributed by atoms with van der Waals surface area (Å²) in [6.07, 6.45) is 0.641. The summed E-state index contributed by atoms with van der Waals surface area (Å²) < 4.78 is 43.0. The fourth-order valence-electron chi connectivity index (χ4n) is 2.15. The van der Waals surface area contributed by atoms with E-state index in [-0.39, 0.29) is 56.8 Å². The Bertz CT molecular complexity index is 264. The van der Waals surface area contributed by atoms with Crippen LogP contribution in [0.2, 0.25) is 0 Å². The molecular weight excluding hydrogens is 404 g/mol. The van der Waals surface area contributed by atoms with Crippen LogP contribution in [0.1, 0.15) is 51.0 Å². The molecule has 0 N–H and O–H groups in total. The second-order valence-corrected chi connectivity index (χ2v) is 5.65. The zero-order valence-electron chi connectivity index (χ0n) is 15.6. The molecule has 1 saturated heterocycles. The van der Waals surface area contributed by atoms with Crippen molar-refractivity contribution in [2.45, 2.75) is 57.3 Å². The fraction of sp³-hybridized carbons (Fsp3) is 1.00. The standard InChI is InChI=1S/C17H34O8.6CH4/c1-18-5-7-21-13-16(14-22-8-6-19-2)15-23-10-9-20-4-3-17-24-11-12-25-17;;;;;;/h16-17H,3-15H2,1-2H3;6*1H4. The molecule has 8 heteroatoms. The summed E-state index contributed by atoms with van der Waals surface area (Å²) in [4.78, 5) is 0. The van der Waals surface area contributed by atoms with Gasteiger partial charge in [-0.25, -0.2) is 0 Å². The highest BCUT2D eigenvalue weighted by Crippen LogP contribution is 2.07. The van der Waals surface area contributed by atoms with Crippen molar-refractivity contribution in [3.05, 3.63) is 0 Å². The van der Waals surface area contributed by atoms with Crippen molar-refractivity contribution in [1.82, 2.24) is 0 Å². The lowest BCUT2D eigenvalue weighted by Gasteiger charge is -2.17. The van der Waals surface area contributed by atoms with Crippen LogP contribution in [0.5, 0.6) is 0 Å². The highest BCUT2D eigenvalue weighted by Gasteiger charge is 2.15. The van der Waals surface area contributed by atoms with Crippen LogP contribution in [0.15, 0.2) is 0 Å². The second kappa shape index (κ2) is 34.3. The van der Waals surface area contributed by atoms with E-state index in [1.165, 1.54) is 0 Å². The highest BCUT2D eigenvalue weighted by atomic mass is 16.7. The van der Waals surface area contributed by atoms with Crippen LogP contribution >= 0.6 is 0 Å². The van der Waals surface area contributed by atoms with Crippen molar-refractivity contribution >= 4 is 0 Å². The van der Waals surface area contributed by atoms with E-state index in [1.807, 2.05) is 0 Å². The van der Waals surface area contributed by atoms with Gasteiger partial charge in [0.05, 0.1) is 79.3 Å². The summed E-state index contributed by atoms with van der Waals surface area (Å²) in [7, 11) is 3.31. The topological polar surface area (TPSA) is 73.8 Å². The van der Waals surface area contributed by atoms with Crippen LogP contribution in [0.25, 0.3) is 0 Å². The van der Waals surface area contributed by atoms with E-state index < -0.39 is 0 Å². The average molecular weight is 463 g/mol. The largest absolute Gasteiger partial charge is 0.382 e. The van der Waals surface area contributed by atoms with Gasteiger partial charge in [0.2, 0.25) is 0 Å². The van der Waals surface area contributed by atoms with Gasteiger partial charge in [-0.2, -0.15) is 0 Å². The molecule has 1 fully saturated rings. The van der Waals surface area contributed by atoms with Gasteiger partial charge in [0, 0.05) is 26.6 Å². The first-order valence-corrected chi connectivity index (χ1v) is 8.88. The molecule has 0 saturated carbocycles. The summed E-state index contributed by atoms with van der Waals surface area (Å²) in [5.74, 6) is 0.175. The molecule has 0 atom stereocenters. The highest BCUT2D eigenvalue weighted by molar-refractivity contribution is 4.57. The van der Waals surface area contributed by atoms with E-state index in [1.54, 1.807) is 14.2 Å². The lowest BCUT2D eigenvalue weighted by molar-refractivity contribution is -0.0676. The van der Waals surface area contributed by atoms with E-state index in [9.17, 15) is 0 Å². The molecule has 1 rings (SSSR count). The minimum absolute atomic E-state index is 0. The maximum atomic E-state index is 5.67. The summed E-state index contributed by atoms with van der Waals surface area (Å²) in [5.41, 5.74) is 0. The van der Waals surface area contributed by atoms with Gasteiger partial charge in [0.15, 0.2) is 6.29 Å². The molecule has 198 valence electrons. The molecule has 0 aromatic carbocycles. The van der Waals surface area contributed by atoms with E-state index in [0.717, 1.165) is 6.42 Å².